The first-order valence-electron chi connectivity index (χ1n) is 9.87. The van der Waals surface area contributed by atoms with Crippen molar-refractivity contribution in [3.05, 3.63) is 29.3 Å². The van der Waals surface area contributed by atoms with Gasteiger partial charge in [0.25, 0.3) is 0 Å². The van der Waals surface area contributed by atoms with Crippen LogP contribution in [-0.2, 0) is 9.53 Å². The number of ether oxygens (including phenoxy) is 2. The number of benzene rings is 1. The van der Waals surface area contributed by atoms with Gasteiger partial charge in [0.15, 0.2) is 5.96 Å². The fraction of sp³-hybridized carbons (Fsp3) is 0.600. The summed E-state index contributed by atoms with van der Waals surface area (Å²) < 4.78 is 10.8. The van der Waals surface area contributed by atoms with Crippen molar-refractivity contribution >= 4 is 23.5 Å². The number of carbonyl (C=O) groups excluding carboxylic acids is 1. The highest BCUT2D eigenvalue weighted by molar-refractivity contribution is 6.30. The van der Waals surface area contributed by atoms with Crippen LogP contribution in [0.5, 0.6) is 5.75 Å². The van der Waals surface area contributed by atoms with Gasteiger partial charge in [0.1, 0.15) is 11.9 Å². The maximum atomic E-state index is 11.9. The zero-order chi connectivity index (χ0) is 21.1. The van der Waals surface area contributed by atoms with E-state index in [0.29, 0.717) is 31.3 Å². The molecule has 2 N–H and O–H groups in total. The number of amides is 1. The minimum Gasteiger partial charge on any atom is -0.489 e. The summed E-state index contributed by atoms with van der Waals surface area (Å²) in [5.74, 6) is 1.62. The van der Waals surface area contributed by atoms with E-state index in [0.717, 1.165) is 37.9 Å². The molecule has 0 aliphatic carbocycles. The summed E-state index contributed by atoms with van der Waals surface area (Å²) in [5, 5.41) is 6.88. The number of guanidine groups is 1. The van der Waals surface area contributed by atoms with E-state index >= 15 is 0 Å². The zero-order valence-corrected chi connectivity index (χ0v) is 18.2. The van der Waals surface area contributed by atoms with Crippen LogP contribution in [0.15, 0.2) is 29.3 Å². The molecule has 1 aliphatic rings. The van der Waals surface area contributed by atoms with Crippen LogP contribution >= 0.6 is 11.6 Å². The van der Waals surface area contributed by atoms with Crippen molar-refractivity contribution in [2.24, 2.45) is 4.99 Å². The fourth-order valence-corrected chi connectivity index (χ4v) is 3.23. The Labute approximate surface area is 178 Å². The monoisotopic (exact) mass is 425 g/mol. The van der Waals surface area contributed by atoms with E-state index < -0.39 is 0 Å². The molecule has 1 saturated heterocycles. The number of nitrogens with one attached hydrogen (secondary N) is 2. The van der Waals surface area contributed by atoms with Crippen molar-refractivity contribution in [1.82, 2.24) is 20.4 Å². The van der Waals surface area contributed by atoms with Gasteiger partial charge in [0.2, 0.25) is 5.91 Å². The molecule has 1 heterocycles. The van der Waals surface area contributed by atoms with E-state index in [1.165, 1.54) is 0 Å². The molecule has 8 nitrogen and oxygen atoms in total. The average Bonchev–Trinajstić information content (AvgIpc) is 2.70. The largest absolute Gasteiger partial charge is 0.489 e. The second kappa shape index (κ2) is 12.5. The topological polar surface area (TPSA) is 78.4 Å². The second-order valence-corrected chi connectivity index (χ2v) is 7.36. The molecule has 162 valence electrons. The maximum absolute atomic E-state index is 11.9. The van der Waals surface area contributed by atoms with Gasteiger partial charge in [-0.2, -0.15) is 0 Å². The van der Waals surface area contributed by atoms with Gasteiger partial charge in [-0.3, -0.25) is 14.7 Å². The molecule has 0 spiro atoms. The molecule has 29 heavy (non-hydrogen) atoms. The Morgan fingerprint density at radius 1 is 1.28 bits per heavy atom. The smallest absolute Gasteiger partial charge is 0.234 e. The van der Waals surface area contributed by atoms with Crippen LogP contribution in [0, 0.1) is 0 Å². The normalized spacial score (nSPS) is 16.4. The van der Waals surface area contributed by atoms with Gasteiger partial charge in [-0.1, -0.05) is 17.7 Å². The summed E-state index contributed by atoms with van der Waals surface area (Å²) in [6, 6.07) is 7.38. The Hall–Kier alpha value is -2.03. The molecule has 0 saturated carbocycles. The molecule has 9 heteroatoms. The quantitative estimate of drug-likeness (QED) is 0.350. The Bertz CT molecular complexity index is 665. The van der Waals surface area contributed by atoms with Gasteiger partial charge in [-0.25, -0.2) is 0 Å². The zero-order valence-electron chi connectivity index (χ0n) is 17.5. The second-order valence-electron chi connectivity index (χ2n) is 6.92. The van der Waals surface area contributed by atoms with Crippen LogP contribution in [0.1, 0.15) is 6.92 Å². The van der Waals surface area contributed by atoms with Crippen LogP contribution in [0.2, 0.25) is 5.02 Å². The van der Waals surface area contributed by atoms with Crippen LogP contribution in [0.4, 0.5) is 0 Å². The number of carbonyl (C=O) groups is 1. The van der Waals surface area contributed by atoms with Crippen molar-refractivity contribution in [2.45, 2.75) is 13.0 Å². The first kappa shape index (κ1) is 23.3. The SMILES string of the molecule is CN=C(NCC(C)Oc1cccc(Cl)c1)N1CCN(CC(=O)NCCOC)CC1. The summed E-state index contributed by atoms with van der Waals surface area (Å²) in [6.45, 7) is 7.36. The molecule has 0 radical (unpaired) electrons. The highest BCUT2D eigenvalue weighted by atomic mass is 35.5. The van der Waals surface area contributed by atoms with Crippen molar-refractivity contribution in [2.75, 3.05) is 66.6 Å². The Balaban J connectivity index is 1.71. The van der Waals surface area contributed by atoms with Gasteiger partial charge in [0, 0.05) is 51.9 Å². The summed E-state index contributed by atoms with van der Waals surface area (Å²) in [4.78, 5) is 20.7. The average molecular weight is 426 g/mol. The van der Waals surface area contributed by atoms with Crippen molar-refractivity contribution < 1.29 is 14.3 Å². The lowest BCUT2D eigenvalue weighted by Gasteiger charge is -2.36. The fourth-order valence-electron chi connectivity index (χ4n) is 3.05. The lowest BCUT2D eigenvalue weighted by molar-refractivity contribution is -0.122. The Kier molecular flexibility index (Phi) is 10.0. The third-order valence-corrected chi connectivity index (χ3v) is 4.80. The Morgan fingerprint density at radius 2 is 2.03 bits per heavy atom. The van der Waals surface area contributed by atoms with E-state index in [4.69, 9.17) is 21.1 Å². The maximum Gasteiger partial charge on any atom is 0.234 e. The highest BCUT2D eigenvalue weighted by Gasteiger charge is 2.21. The number of piperazine rings is 1. The molecule has 1 atom stereocenters. The number of hydrogen-bond donors (Lipinski definition) is 2. The minimum absolute atomic E-state index is 0.0324. The summed E-state index contributed by atoms with van der Waals surface area (Å²) >= 11 is 6.00. The van der Waals surface area contributed by atoms with Crippen LogP contribution in [0.3, 0.4) is 0 Å². The summed E-state index contributed by atoms with van der Waals surface area (Å²) in [5.41, 5.74) is 0. The van der Waals surface area contributed by atoms with Gasteiger partial charge in [-0.05, 0) is 25.1 Å². The third-order valence-electron chi connectivity index (χ3n) is 4.56. The minimum atomic E-state index is -0.0395. The van der Waals surface area contributed by atoms with E-state index in [1.54, 1.807) is 20.2 Å². The van der Waals surface area contributed by atoms with Crippen LogP contribution < -0.4 is 15.4 Å². The number of aliphatic imine (C=N–C) groups is 1. The summed E-state index contributed by atoms with van der Waals surface area (Å²) in [7, 11) is 3.40. The van der Waals surface area contributed by atoms with E-state index in [1.807, 2.05) is 25.1 Å². The first-order valence-corrected chi connectivity index (χ1v) is 10.3. The van der Waals surface area contributed by atoms with Gasteiger partial charge >= 0.3 is 0 Å². The molecule has 1 unspecified atom stereocenters. The van der Waals surface area contributed by atoms with Crippen molar-refractivity contribution in [3.63, 3.8) is 0 Å². The highest BCUT2D eigenvalue weighted by Crippen LogP contribution is 2.18. The van der Waals surface area contributed by atoms with Crippen molar-refractivity contribution in [3.8, 4) is 5.75 Å². The lowest BCUT2D eigenvalue weighted by Crippen LogP contribution is -2.54. The van der Waals surface area contributed by atoms with Gasteiger partial charge in [-0.15, -0.1) is 0 Å². The molecule has 2 rings (SSSR count). The number of methoxy groups -OCH3 is 1. The van der Waals surface area contributed by atoms with Crippen LogP contribution in [-0.4, -0.2) is 94.3 Å². The lowest BCUT2D eigenvalue weighted by atomic mass is 10.3. The van der Waals surface area contributed by atoms with Crippen LogP contribution in [0.25, 0.3) is 0 Å². The molecular formula is C20H32ClN5O3. The number of rotatable bonds is 9. The summed E-state index contributed by atoms with van der Waals surface area (Å²) in [6.07, 6.45) is -0.0395. The molecule has 1 aromatic rings. The molecular weight excluding hydrogens is 394 g/mol. The molecule has 1 aliphatic heterocycles. The predicted molar refractivity (Wildman–Crippen MR) is 116 cm³/mol. The first-order chi connectivity index (χ1) is 14.0. The van der Waals surface area contributed by atoms with Gasteiger partial charge in [0.05, 0.1) is 19.7 Å². The van der Waals surface area contributed by atoms with E-state index in [2.05, 4.69) is 25.4 Å². The molecule has 0 aromatic heterocycles. The molecule has 0 bridgehead atoms. The number of halogens is 1. The molecule has 1 amide bonds. The van der Waals surface area contributed by atoms with Gasteiger partial charge < -0.3 is 25.0 Å². The number of nitrogens with zero attached hydrogens (tertiary/aromatic N) is 3. The van der Waals surface area contributed by atoms with E-state index in [-0.39, 0.29) is 12.0 Å². The predicted octanol–water partition coefficient (Wildman–Crippen LogP) is 1.06. The van der Waals surface area contributed by atoms with E-state index in [9.17, 15) is 4.79 Å². The standard InChI is InChI=1S/C20H32ClN5O3/c1-16(29-18-6-4-5-17(21)13-18)14-24-20(22-2)26-10-8-25(9-11-26)15-19(27)23-7-12-28-3/h4-6,13,16H,7-12,14-15H2,1-3H3,(H,22,24)(H,23,27). The Morgan fingerprint density at radius 3 is 2.69 bits per heavy atom. The molecule has 1 fully saturated rings. The molecule has 1 aromatic carbocycles. The number of hydrogen-bond acceptors (Lipinski definition) is 5. The third kappa shape index (κ3) is 8.47. The van der Waals surface area contributed by atoms with Crippen molar-refractivity contribution in [1.29, 1.82) is 0 Å².